The minimum atomic E-state index is -2.83. The minimum Gasteiger partial charge on any atom is -0.553 e. The molecule has 0 unspecified atom stereocenters. The number of hydrogen-bond donors (Lipinski definition) is 0. The second-order valence-corrected chi connectivity index (χ2v) is 15.6. The molecular formula is C28H41FN2O3Si-. The largest absolute Gasteiger partial charge is 0.553 e. The highest BCUT2D eigenvalue weighted by atomic mass is 28.4. The quantitative estimate of drug-likeness (QED) is 0.527. The van der Waals surface area contributed by atoms with Crippen molar-refractivity contribution in [3.05, 3.63) is 60.7 Å². The molecule has 1 heterocycles. The molecule has 5 nitrogen and oxygen atoms in total. The smallest absolute Gasteiger partial charge is 0.410 e. The highest BCUT2D eigenvalue weighted by Gasteiger charge is 2.39. The minimum absolute atomic E-state index is 0.210. The Hall–Kier alpha value is -2.22. The van der Waals surface area contributed by atoms with Crippen LogP contribution in [0.4, 0.5) is 9.18 Å². The first-order chi connectivity index (χ1) is 16.5. The van der Waals surface area contributed by atoms with Gasteiger partial charge in [0.25, 0.3) is 0 Å². The number of rotatable bonds is 7. The lowest BCUT2D eigenvalue weighted by atomic mass is 10.2. The summed E-state index contributed by atoms with van der Waals surface area (Å²) in [5.74, 6) is 0. The maximum absolute atomic E-state index is 14.5. The Kier molecular flexibility index (Phi) is 8.78. The zero-order valence-electron chi connectivity index (χ0n) is 22.1. The fourth-order valence-corrected chi connectivity index (χ4v) is 9.44. The van der Waals surface area contributed by atoms with Gasteiger partial charge in [0, 0.05) is 32.7 Å². The second-order valence-electron chi connectivity index (χ2n) is 11.3. The van der Waals surface area contributed by atoms with Crippen molar-refractivity contribution in [1.29, 1.82) is 0 Å². The van der Waals surface area contributed by atoms with Crippen LogP contribution in [0.25, 0.3) is 0 Å². The van der Waals surface area contributed by atoms with Crippen molar-refractivity contribution in [2.45, 2.75) is 58.3 Å². The molecule has 7 heteroatoms. The lowest BCUT2D eigenvalue weighted by Crippen LogP contribution is -2.68. The fourth-order valence-electron chi connectivity index (χ4n) is 4.79. The highest BCUT2D eigenvalue weighted by Crippen LogP contribution is 2.37. The van der Waals surface area contributed by atoms with Gasteiger partial charge in [-0.25, -0.2) is 9.18 Å². The Morgan fingerprint density at radius 2 is 1.37 bits per heavy atom. The molecule has 0 bridgehead atoms. The van der Waals surface area contributed by atoms with Crippen LogP contribution in [0.15, 0.2) is 60.7 Å². The monoisotopic (exact) mass is 500 g/mol. The molecule has 2 aromatic rings. The molecule has 1 amide bonds. The van der Waals surface area contributed by atoms with Gasteiger partial charge in [0.2, 0.25) is 0 Å². The van der Waals surface area contributed by atoms with Crippen LogP contribution in [0.2, 0.25) is 5.04 Å². The average molecular weight is 501 g/mol. The van der Waals surface area contributed by atoms with Crippen molar-refractivity contribution in [3.63, 3.8) is 0 Å². The summed E-state index contributed by atoms with van der Waals surface area (Å²) in [7, 11) is -2.83. The maximum Gasteiger partial charge on any atom is 0.410 e. The van der Waals surface area contributed by atoms with E-state index < -0.39 is 26.7 Å². The first kappa shape index (κ1) is 27.4. The van der Waals surface area contributed by atoms with E-state index in [1.54, 1.807) is 4.90 Å². The van der Waals surface area contributed by atoms with Gasteiger partial charge in [-0.3, -0.25) is 4.90 Å². The molecule has 35 heavy (non-hydrogen) atoms. The highest BCUT2D eigenvalue weighted by molar-refractivity contribution is 6.99. The third kappa shape index (κ3) is 6.71. The Bertz CT molecular complexity index is 897. The number of amides is 1. The molecule has 1 fully saturated rings. The summed E-state index contributed by atoms with van der Waals surface area (Å²) in [6.45, 7) is 14.6. The summed E-state index contributed by atoms with van der Waals surface area (Å²) in [5, 5.41) is 2.08. The number of halogens is 1. The van der Waals surface area contributed by atoms with E-state index in [9.17, 15) is 9.18 Å². The summed E-state index contributed by atoms with van der Waals surface area (Å²) in [4.78, 5) is 16.3. The van der Waals surface area contributed by atoms with E-state index in [0.717, 1.165) is 10.4 Å². The molecule has 1 saturated heterocycles. The predicted molar refractivity (Wildman–Crippen MR) is 143 cm³/mol. The molecule has 1 atom stereocenters. The van der Waals surface area contributed by atoms with Crippen LogP contribution in [0.1, 0.15) is 41.5 Å². The zero-order valence-corrected chi connectivity index (χ0v) is 23.1. The first-order valence-corrected chi connectivity index (χ1v) is 14.4. The molecule has 0 aromatic heterocycles. The van der Waals surface area contributed by atoms with E-state index in [4.69, 9.17) is 9.16 Å². The van der Waals surface area contributed by atoms with Crippen LogP contribution < -0.4 is 10.4 Å². The van der Waals surface area contributed by atoms with E-state index in [2.05, 4.69) is 49.9 Å². The van der Waals surface area contributed by atoms with Crippen molar-refractivity contribution in [1.82, 2.24) is 9.80 Å². The molecule has 193 valence electrons. The molecule has 1 aliphatic rings. The van der Waals surface area contributed by atoms with Gasteiger partial charge in [-0.1, -0.05) is 81.4 Å². The number of alkyl halides is 1. The number of ether oxygens (including phenoxy) is 1. The van der Waals surface area contributed by atoms with Crippen LogP contribution >= 0.6 is 0 Å². The van der Waals surface area contributed by atoms with Crippen LogP contribution in [0.5, 0.6) is 0 Å². The third-order valence-corrected chi connectivity index (χ3v) is 11.5. The van der Waals surface area contributed by atoms with Gasteiger partial charge < -0.3 is 14.1 Å². The standard InChI is InChI=1S/C28H41FN2O3Si/c1-27(2,3)33-26(32)31-19-17-30(18-20-31)22-23(21-29)34-35(28(4,5)6,24-13-9-7-10-14-24)25-15-11-8-12-16-25/h7-16,23H,17-22H2,1-6H3/q-1/t23-/m1/s1. The maximum atomic E-state index is 14.5. The van der Waals surface area contributed by atoms with Crippen molar-refractivity contribution in [2.24, 2.45) is 0 Å². The number of benzene rings is 2. The van der Waals surface area contributed by atoms with Crippen molar-refractivity contribution in [2.75, 3.05) is 39.4 Å². The van der Waals surface area contributed by atoms with E-state index >= 15 is 0 Å². The lowest BCUT2D eigenvalue weighted by Gasteiger charge is -2.57. The van der Waals surface area contributed by atoms with Gasteiger partial charge in [0.05, 0.1) is 14.4 Å². The average Bonchev–Trinajstić information content (AvgIpc) is 2.81. The molecule has 0 N–H and O–H groups in total. The summed E-state index contributed by atoms with van der Waals surface area (Å²) >= 11 is 0. The number of carbonyl (C=O) groups excluding carboxylic acids is 1. The second kappa shape index (κ2) is 11.2. The first-order valence-electron chi connectivity index (χ1n) is 12.5. The Labute approximate surface area is 211 Å². The molecular weight excluding hydrogens is 459 g/mol. The molecule has 0 spiro atoms. The van der Waals surface area contributed by atoms with Crippen molar-refractivity contribution in [3.8, 4) is 0 Å². The number of carbonyl (C=O) groups is 1. The molecule has 0 radical (unpaired) electrons. The summed E-state index contributed by atoms with van der Waals surface area (Å²) < 4.78 is 27.0. The Morgan fingerprint density at radius 1 is 0.886 bits per heavy atom. The fraction of sp³-hybridized carbons (Fsp3) is 0.536. The van der Waals surface area contributed by atoms with Crippen LogP contribution in [0.3, 0.4) is 0 Å². The van der Waals surface area contributed by atoms with Crippen molar-refractivity contribution >= 4 is 24.8 Å². The van der Waals surface area contributed by atoms with Gasteiger partial charge in [0.15, 0.2) is 0 Å². The van der Waals surface area contributed by atoms with Crippen LogP contribution in [0, 0.1) is 0 Å². The summed E-state index contributed by atoms with van der Waals surface area (Å²) in [6.07, 6.45) is -0.850. The van der Waals surface area contributed by atoms with Gasteiger partial charge in [0.1, 0.15) is 12.3 Å². The Balaban J connectivity index is 1.80. The Morgan fingerprint density at radius 3 is 1.77 bits per heavy atom. The molecule has 0 saturated carbocycles. The number of hydrogen-bond acceptors (Lipinski definition) is 4. The van der Waals surface area contributed by atoms with Gasteiger partial charge in [-0.2, -0.15) is 10.4 Å². The molecule has 0 aliphatic carbocycles. The number of nitrogens with zero attached hydrogens (tertiary/aromatic N) is 2. The van der Waals surface area contributed by atoms with E-state index in [1.807, 2.05) is 57.2 Å². The molecule has 1 aliphatic heterocycles. The van der Waals surface area contributed by atoms with Gasteiger partial charge >= 0.3 is 6.09 Å². The zero-order chi connectivity index (χ0) is 25.7. The molecule has 2 aromatic carbocycles. The van der Waals surface area contributed by atoms with Crippen LogP contribution in [-0.2, 0) is 9.16 Å². The van der Waals surface area contributed by atoms with Crippen LogP contribution in [-0.4, -0.2) is 75.3 Å². The van der Waals surface area contributed by atoms with E-state index in [0.29, 0.717) is 32.7 Å². The van der Waals surface area contributed by atoms with Gasteiger partial charge in [-0.15, -0.1) is 5.04 Å². The van der Waals surface area contributed by atoms with Gasteiger partial charge in [-0.05, 0) is 20.8 Å². The number of piperazine rings is 1. The lowest BCUT2D eigenvalue weighted by molar-refractivity contribution is 0.00980. The summed E-state index contributed by atoms with van der Waals surface area (Å²) in [5.41, 5.74) is -0.517. The predicted octanol–water partition coefficient (Wildman–Crippen LogP) is 4.45. The third-order valence-electron chi connectivity index (χ3n) is 6.42. The molecule has 3 rings (SSSR count). The summed E-state index contributed by atoms with van der Waals surface area (Å²) in [6, 6.07) is 20.7. The van der Waals surface area contributed by atoms with E-state index in [1.165, 1.54) is 0 Å². The van der Waals surface area contributed by atoms with E-state index in [-0.39, 0.29) is 11.1 Å². The normalized spacial score (nSPS) is 16.7. The SMILES string of the molecule is CC(C)(C)OC(=O)N1CCN(C[C@@H](CF)O[Si-](c2ccccc2)(c2ccccc2)C(C)(C)C)CC1. The van der Waals surface area contributed by atoms with Crippen molar-refractivity contribution < 1.29 is 18.3 Å². The topological polar surface area (TPSA) is 42.0 Å².